The summed E-state index contributed by atoms with van der Waals surface area (Å²) >= 11 is 3.45. The van der Waals surface area contributed by atoms with Gasteiger partial charge in [-0.05, 0) is 71.6 Å². The van der Waals surface area contributed by atoms with Crippen molar-refractivity contribution < 1.29 is 0 Å². The van der Waals surface area contributed by atoms with Crippen LogP contribution in [0, 0.1) is 6.92 Å². The molecule has 0 bridgehead atoms. The molecule has 4 rings (SSSR count). The number of aromatic nitrogens is 2. The zero-order valence-corrected chi connectivity index (χ0v) is 13.4. The maximum absolute atomic E-state index is 6.03. The summed E-state index contributed by atoms with van der Waals surface area (Å²) in [6, 6.07) is 13.1. The van der Waals surface area contributed by atoms with Crippen molar-refractivity contribution in [3.63, 3.8) is 0 Å². The maximum atomic E-state index is 6.03. The molecule has 3 nitrogen and oxygen atoms in total. The Labute approximate surface area is 131 Å². The summed E-state index contributed by atoms with van der Waals surface area (Å²) in [6.07, 6.45) is 2.47. The molecule has 4 heteroatoms. The van der Waals surface area contributed by atoms with Crippen LogP contribution >= 0.6 is 15.9 Å². The minimum Gasteiger partial charge on any atom is -0.398 e. The number of aryl methyl sites for hydroxylation is 1. The Balaban J connectivity index is 1.98. The predicted octanol–water partition coefficient (Wildman–Crippen LogP) is 4.69. The van der Waals surface area contributed by atoms with Crippen LogP contribution in [-0.2, 0) is 0 Å². The lowest BCUT2D eigenvalue weighted by molar-refractivity contribution is 0.775. The lowest BCUT2D eigenvalue weighted by atomic mass is 10.2. The first-order chi connectivity index (χ1) is 10.1. The third kappa shape index (κ3) is 2.14. The lowest BCUT2D eigenvalue weighted by Gasteiger charge is -2.09. The fourth-order valence-corrected chi connectivity index (χ4v) is 3.04. The highest BCUT2D eigenvalue weighted by atomic mass is 79.9. The molecule has 0 atom stereocenters. The van der Waals surface area contributed by atoms with E-state index in [1.165, 1.54) is 23.9 Å². The van der Waals surface area contributed by atoms with Gasteiger partial charge in [0, 0.05) is 21.8 Å². The monoisotopic (exact) mass is 341 g/mol. The molecule has 0 amide bonds. The summed E-state index contributed by atoms with van der Waals surface area (Å²) in [4.78, 5) is 4.87. The molecule has 1 heterocycles. The van der Waals surface area contributed by atoms with E-state index < -0.39 is 0 Å². The van der Waals surface area contributed by atoms with E-state index in [4.69, 9.17) is 10.7 Å². The van der Waals surface area contributed by atoms with Crippen molar-refractivity contribution >= 4 is 32.7 Å². The molecule has 2 aromatic carbocycles. The number of nitrogens with two attached hydrogens (primary N) is 1. The zero-order valence-electron chi connectivity index (χ0n) is 11.8. The minimum absolute atomic E-state index is 0.581. The smallest absolute Gasteiger partial charge is 0.141 e. The number of nitrogen functional groups attached to an aromatic ring is 1. The second kappa shape index (κ2) is 4.60. The average molecular weight is 342 g/mol. The van der Waals surface area contributed by atoms with Gasteiger partial charge in [-0.15, -0.1) is 0 Å². The van der Waals surface area contributed by atoms with Crippen LogP contribution in [0.15, 0.2) is 40.9 Å². The van der Waals surface area contributed by atoms with Gasteiger partial charge in [0.25, 0.3) is 0 Å². The Morgan fingerprint density at radius 3 is 2.71 bits per heavy atom. The summed E-state index contributed by atoms with van der Waals surface area (Å²) < 4.78 is 3.30. The van der Waals surface area contributed by atoms with E-state index in [1.54, 1.807) is 0 Å². The van der Waals surface area contributed by atoms with Crippen LogP contribution in [-0.4, -0.2) is 9.55 Å². The van der Waals surface area contributed by atoms with Gasteiger partial charge in [0.2, 0.25) is 0 Å². The van der Waals surface area contributed by atoms with E-state index in [1.807, 2.05) is 12.1 Å². The summed E-state index contributed by atoms with van der Waals surface area (Å²) in [5, 5.41) is 0. The molecule has 1 aromatic heterocycles. The van der Waals surface area contributed by atoms with Gasteiger partial charge in [-0.2, -0.15) is 0 Å². The van der Waals surface area contributed by atoms with Gasteiger partial charge < -0.3 is 10.3 Å². The van der Waals surface area contributed by atoms with Gasteiger partial charge in [0.15, 0.2) is 0 Å². The third-order valence-corrected chi connectivity index (χ3v) is 4.73. The number of halogens is 1. The average Bonchev–Trinajstić information content (AvgIpc) is 3.22. The number of imidazole rings is 1. The molecular formula is C17H16BrN3. The van der Waals surface area contributed by atoms with Gasteiger partial charge in [-0.1, -0.05) is 6.07 Å². The first-order valence-corrected chi connectivity index (χ1v) is 7.97. The summed E-state index contributed by atoms with van der Waals surface area (Å²) in [7, 11) is 0. The molecule has 0 spiro atoms. The number of hydrogen-bond acceptors (Lipinski definition) is 2. The topological polar surface area (TPSA) is 43.8 Å². The van der Waals surface area contributed by atoms with Crippen molar-refractivity contribution in [2.45, 2.75) is 25.8 Å². The Hall–Kier alpha value is -1.81. The van der Waals surface area contributed by atoms with Crippen LogP contribution in [0.3, 0.4) is 0 Å². The standard InChI is InChI=1S/C17H16BrN3/c1-10-2-7-16-15(8-10)20-17(21(16)12-4-5-12)11-3-6-13(18)14(19)9-11/h2-3,6-9,12H,4-5,19H2,1H3. The fraction of sp³-hybridized carbons (Fsp3) is 0.235. The largest absolute Gasteiger partial charge is 0.398 e. The quantitative estimate of drug-likeness (QED) is 0.687. The van der Waals surface area contributed by atoms with Gasteiger partial charge in [0.05, 0.1) is 11.0 Å². The number of rotatable bonds is 2. The molecule has 1 aliphatic carbocycles. The molecule has 1 aliphatic rings. The maximum Gasteiger partial charge on any atom is 0.141 e. The first kappa shape index (κ1) is 12.9. The van der Waals surface area contributed by atoms with Crippen molar-refractivity contribution in [1.29, 1.82) is 0 Å². The Kier molecular flexibility index (Phi) is 2.82. The molecule has 1 saturated carbocycles. The van der Waals surface area contributed by atoms with Gasteiger partial charge in [-0.25, -0.2) is 4.98 Å². The number of fused-ring (bicyclic) bond motifs is 1. The van der Waals surface area contributed by atoms with E-state index in [0.29, 0.717) is 6.04 Å². The molecule has 1 fully saturated rings. The van der Waals surface area contributed by atoms with Crippen LogP contribution in [0.25, 0.3) is 22.4 Å². The van der Waals surface area contributed by atoms with Crippen molar-refractivity contribution in [1.82, 2.24) is 9.55 Å². The molecule has 2 N–H and O–H groups in total. The van der Waals surface area contributed by atoms with Crippen LogP contribution in [0.1, 0.15) is 24.4 Å². The number of benzene rings is 2. The van der Waals surface area contributed by atoms with Crippen molar-refractivity contribution in [3.05, 3.63) is 46.4 Å². The molecule has 0 saturated heterocycles. The second-order valence-corrected chi connectivity index (χ2v) is 6.62. The molecule has 0 aliphatic heterocycles. The zero-order chi connectivity index (χ0) is 14.6. The third-order valence-electron chi connectivity index (χ3n) is 4.01. The molecular weight excluding hydrogens is 326 g/mol. The van der Waals surface area contributed by atoms with Crippen molar-refractivity contribution in [3.8, 4) is 11.4 Å². The van der Waals surface area contributed by atoms with Crippen LogP contribution in [0.5, 0.6) is 0 Å². The molecule has 0 unspecified atom stereocenters. The Morgan fingerprint density at radius 1 is 1.19 bits per heavy atom. The normalized spacial score (nSPS) is 14.8. The Bertz CT molecular complexity index is 847. The molecule has 3 aromatic rings. The van der Waals surface area contributed by atoms with E-state index in [9.17, 15) is 0 Å². The van der Waals surface area contributed by atoms with Gasteiger partial charge in [0.1, 0.15) is 5.82 Å². The Morgan fingerprint density at radius 2 is 2.00 bits per heavy atom. The number of anilines is 1. The van der Waals surface area contributed by atoms with E-state index in [2.05, 4.69) is 51.7 Å². The first-order valence-electron chi connectivity index (χ1n) is 7.17. The SMILES string of the molecule is Cc1ccc2c(c1)nc(-c1ccc(Br)c(N)c1)n2C1CC1. The van der Waals surface area contributed by atoms with E-state index in [0.717, 1.165) is 27.1 Å². The fourth-order valence-electron chi connectivity index (χ4n) is 2.80. The molecule has 0 radical (unpaired) electrons. The summed E-state index contributed by atoms with van der Waals surface area (Å²) in [5.41, 5.74) is 11.4. The summed E-state index contributed by atoms with van der Waals surface area (Å²) in [6.45, 7) is 2.10. The van der Waals surface area contributed by atoms with E-state index >= 15 is 0 Å². The second-order valence-electron chi connectivity index (χ2n) is 5.77. The molecule has 21 heavy (non-hydrogen) atoms. The number of hydrogen-bond donors (Lipinski definition) is 1. The van der Waals surface area contributed by atoms with E-state index in [-0.39, 0.29) is 0 Å². The predicted molar refractivity (Wildman–Crippen MR) is 90.3 cm³/mol. The summed E-state index contributed by atoms with van der Waals surface area (Å²) in [5.74, 6) is 1.03. The number of nitrogens with zero attached hydrogens (tertiary/aromatic N) is 2. The minimum atomic E-state index is 0.581. The molecule has 106 valence electrons. The van der Waals surface area contributed by atoms with Crippen molar-refractivity contribution in [2.24, 2.45) is 0 Å². The van der Waals surface area contributed by atoms with Crippen molar-refractivity contribution in [2.75, 3.05) is 5.73 Å². The van der Waals surface area contributed by atoms with Gasteiger partial charge >= 0.3 is 0 Å². The van der Waals surface area contributed by atoms with Crippen LogP contribution in [0.4, 0.5) is 5.69 Å². The lowest BCUT2D eigenvalue weighted by Crippen LogP contribution is -1.98. The highest BCUT2D eigenvalue weighted by Gasteiger charge is 2.28. The van der Waals surface area contributed by atoms with Crippen LogP contribution in [0.2, 0.25) is 0 Å². The highest BCUT2D eigenvalue weighted by Crippen LogP contribution is 2.41. The van der Waals surface area contributed by atoms with Crippen LogP contribution < -0.4 is 5.73 Å². The highest BCUT2D eigenvalue weighted by molar-refractivity contribution is 9.10. The van der Waals surface area contributed by atoms with Gasteiger partial charge in [-0.3, -0.25) is 0 Å².